The zero-order chi connectivity index (χ0) is 10.7. The van der Waals surface area contributed by atoms with Crippen molar-refractivity contribution in [3.05, 3.63) is 29.8 Å². The molecular weight excluding hydrogens is 202 g/mol. The molecule has 2 heteroatoms. The smallest absolute Gasteiger partial charge is 0.0247 e. The number of nitrogens with zero attached hydrogens (tertiary/aromatic N) is 1. The normalized spacial score (nSPS) is 22.9. The number of benzene rings is 1. The number of piperidine rings is 1. The van der Waals surface area contributed by atoms with Crippen LogP contribution in [0, 0.1) is 0 Å². The molecule has 0 N–H and O–H groups in total. The molecule has 1 aliphatic rings. The maximum Gasteiger partial charge on any atom is 0.0247 e. The maximum absolute atomic E-state index is 4.50. The van der Waals surface area contributed by atoms with Crippen molar-refractivity contribution in [3.8, 4) is 0 Å². The summed E-state index contributed by atoms with van der Waals surface area (Å²) in [5.74, 6) is 0. The van der Waals surface area contributed by atoms with Gasteiger partial charge in [0.1, 0.15) is 0 Å². The zero-order valence-electron chi connectivity index (χ0n) is 9.32. The first kappa shape index (κ1) is 11.0. The SMILES string of the molecule is C[C@@H]1CCCCN1Cc1ccccc1S. The van der Waals surface area contributed by atoms with Crippen molar-refractivity contribution >= 4 is 12.6 Å². The van der Waals surface area contributed by atoms with Crippen LogP contribution in [0.15, 0.2) is 29.2 Å². The Hall–Kier alpha value is -0.470. The van der Waals surface area contributed by atoms with Crippen LogP contribution in [0.5, 0.6) is 0 Å². The van der Waals surface area contributed by atoms with Crippen LogP contribution in [0.4, 0.5) is 0 Å². The monoisotopic (exact) mass is 221 g/mol. The lowest BCUT2D eigenvalue weighted by Crippen LogP contribution is -2.36. The molecule has 1 atom stereocenters. The van der Waals surface area contributed by atoms with E-state index in [0.717, 1.165) is 17.5 Å². The highest BCUT2D eigenvalue weighted by atomic mass is 32.1. The van der Waals surface area contributed by atoms with E-state index in [4.69, 9.17) is 0 Å². The third kappa shape index (κ3) is 2.76. The third-order valence-corrected chi connectivity index (χ3v) is 3.74. The van der Waals surface area contributed by atoms with Crippen molar-refractivity contribution in [2.24, 2.45) is 0 Å². The molecule has 0 bridgehead atoms. The lowest BCUT2D eigenvalue weighted by atomic mass is 10.0. The summed E-state index contributed by atoms with van der Waals surface area (Å²) in [7, 11) is 0. The second-order valence-corrected chi connectivity index (χ2v) is 4.93. The highest BCUT2D eigenvalue weighted by Gasteiger charge is 2.18. The first-order chi connectivity index (χ1) is 7.27. The van der Waals surface area contributed by atoms with E-state index in [1.54, 1.807) is 0 Å². The molecule has 15 heavy (non-hydrogen) atoms. The van der Waals surface area contributed by atoms with E-state index in [0.29, 0.717) is 0 Å². The van der Waals surface area contributed by atoms with E-state index in [1.807, 2.05) is 6.07 Å². The quantitative estimate of drug-likeness (QED) is 0.750. The summed E-state index contributed by atoms with van der Waals surface area (Å²) < 4.78 is 0. The molecule has 0 amide bonds. The second kappa shape index (κ2) is 5.04. The molecule has 0 aromatic heterocycles. The Balaban J connectivity index is 2.04. The standard InChI is InChI=1S/C13H19NS/c1-11-6-4-5-9-14(11)10-12-7-2-3-8-13(12)15/h2-3,7-8,11,15H,4-6,9-10H2,1H3/t11-/m1/s1. The molecule has 0 unspecified atom stereocenters. The molecule has 0 saturated carbocycles. The van der Waals surface area contributed by atoms with Crippen LogP contribution in [-0.4, -0.2) is 17.5 Å². The van der Waals surface area contributed by atoms with E-state index in [9.17, 15) is 0 Å². The van der Waals surface area contributed by atoms with E-state index in [2.05, 4.69) is 42.7 Å². The van der Waals surface area contributed by atoms with Gasteiger partial charge in [0.2, 0.25) is 0 Å². The van der Waals surface area contributed by atoms with Gasteiger partial charge in [-0.25, -0.2) is 0 Å². The van der Waals surface area contributed by atoms with Crippen LogP contribution < -0.4 is 0 Å². The van der Waals surface area contributed by atoms with Gasteiger partial charge in [0, 0.05) is 17.5 Å². The topological polar surface area (TPSA) is 3.24 Å². The summed E-state index contributed by atoms with van der Waals surface area (Å²) in [4.78, 5) is 3.69. The molecule has 2 rings (SSSR count). The van der Waals surface area contributed by atoms with Crippen molar-refractivity contribution in [1.82, 2.24) is 4.90 Å². The summed E-state index contributed by atoms with van der Waals surface area (Å²) in [5, 5.41) is 0. The molecular formula is C13H19NS. The largest absolute Gasteiger partial charge is 0.296 e. The van der Waals surface area contributed by atoms with Gasteiger partial charge in [-0.2, -0.15) is 0 Å². The van der Waals surface area contributed by atoms with Crippen LogP contribution in [-0.2, 0) is 6.54 Å². The van der Waals surface area contributed by atoms with Gasteiger partial charge in [0.25, 0.3) is 0 Å². The average molecular weight is 221 g/mol. The predicted molar refractivity (Wildman–Crippen MR) is 67.4 cm³/mol. The van der Waals surface area contributed by atoms with Crippen LogP contribution in [0.1, 0.15) is 31.7 Å². The molecule has 0 radical (unpaired) electrons. The second-order valence-electron chi connectivity index (χ2n) is 4.44. The number of rotatable bonds is 2. The number of hydrogen-bond donors (Lipinski definition) is 1. The summed E-state index contributed by atoms with van der Waals surface area (Å²) in [6.45, 7) is 4.63. The summed E-state index contributed by atoms with van der Waals surface area (Å²) >= 11 is 4.50. The summed E-state index contributed by atoms with van der Waals surface area (Å²) in [5.41, 5.74) is 1.36. The molecule has 1 aliphatic heterocycles. The van der Waals surface area contributed by atoms with Crippen molar-refractivity contribution in [2.45, 2.75) is 43.7 Å². The third-order valence-electron chi connectivity index (χ3n) is 3.31. The van der Waals surface area contributed by atoms with Gasteiger partial charge in [-0.05, 0) is 37.9 Å². The van der Waals surface area contributed by atoms with Crippen molar-refractivity contribution in [3.63, 3.8) is 0 Å². The van der Waals surface area contributed by atoms with Gasteiger partial charge < -0.3 is 0 Å². The zero-order valence-corrected chi connectivity index (χ0v) is 10.2. The Morgan fingerprint density at radius 1 is 1.33 bits per heavy atom. The Labute approximate surface area is 97.9 Å². The van der Waals surface area contributed by atoms with Crippen molar-refractivity contribution in [1.29, 1.82) is 0 Å². The first-order valence-electron chi connectivity index (χ1n) is 5.78. The Bertz CT molecular complexity index is 324. The Kier molecular flexibility index (Phi) is 3.71. The van der Waals surface area contributed by atoms with Gasteiger partial charge in [0.05, 0.1) is 0 Å². The van der Waals surface area contributed by atoms with Gasteiger partial charge in [-0.3, -0.25) is 4.90 Å². The van der Waals surface area contributed by atoms with Crippen LogP contribution in [0.25, 0.3) is 0 Å². The lowest BCUT2D eigenvalue weighted by Gasteiger charge is -2.33. The first-order valence-corrected chi connectivity index (χ1v) is 6.23. The van der Waals surface area contributed by atoms with Gasteiger partial charge >= 0.3 is 0 Å². The molecule has 82 valence electrons. The number of likely N-dealkylation sites (tertiary alicyclic amines) is 1. The fraction of sp³-hybridized carbons (Fsp3) is 0.538. The van der Waals surface area contributed by atoms with Crippen LogP contribution in [0.3, 0.4) is 0 Å². The lowest BCUT2D eigenvalue weighted by molar-refractivity contribution is 0.151. The molecule has 1 nitrogen and oxygen atoms in total. The predicted octanol–water partition coefficient (Wildman–Crippen LogP) is 3.35. The van der Waals surface area contributed by atoms with Crippen LogP contribution >= 0.6 is 12.6 Å². The molecule has 1 fully saturated rings. The summed E-state index contributed by atoms with van der Waals surface area (Å²) in [6, 6.07) is 9.14. The molecule has 1 heterocycles. The van der Waals surface area contributed by atoms with Gasteiger partial charge in [0.15, 0.2) is 0 Å². The van der Waals surface area contributed by atoms with E-state index >= 15 is 0 Å². The highest BCUT2D eigenvalue weighted by Crippen LogP contribution is 2.21. The molecule has 0 spiro atoms. The van der Waals surface area contributed by atoms with Gasteiger partial charge in [-0.1, -0.05) is 24.6 Å². The summed E-state index contributed by atoms with van der Waals surface area (Å²) in [6.07, 6.45) is 4.08. The van der Waals surface area contributed by atoms with Crippen molar-refractivity contribution in [2.75, 3.05) is 6.54 Å². The molecule has 0 aliphatic carbocycles. The Morgan fingerprint density at radius 2 is 2.13 bits per heavy atom. The minimum Gasteiger partial charge on any atom is -0.296 e. The molecule has 1 aromatic rings. The number of hydrogen-bond acceptors (Lipinski definition) is 2. The molecule has 1 saturated heterocycles. The van der Waals surface area contributed by atoms with E-state index < -0.39 is 0 Å². The minimum atomic E-state index is 0.728. The van der Waals surface area contributed by atoms with Gasteiger partial charge in [-0.15, -0.1) is 12.6 Å². The van der Waals surface area contributed by atoms with Crippen molar-refractivity contribution < 1.29 is 0 Å². The fourth-order valence-electron chi connectivity index (χ4n) is 2.26. The Morgan fingerprint density at radius 3 is 2.87 bits per heavy atom. The fourth-order valence-corrected chi connectivity index (χ4v) is 2.49. The van der Waals surface area contributed by atoms with Crippen LogP contribution in [0.2, 0.25) is 0 Å². The molecule has 1 aromatic carbocycles. The maximum atomic E-state index is 4.50. The van der Waals surface area contributed by atoms with E-state index in [1.165, 1.54) is 31.4 Å². The van der Waals surface area contributed by atoms with E-state index in [-0.39, 0.29) is 0 Å². The minimum absolute atomic E-state index is 0.728. The average Bonchev–Trinajstić information content (AvgIpc) is 2.24. The number of thiol groups is 1. The highest BCUT2D eigenvalue weighted by molar-refractivity contribution is 7.80.